The number of nitrogens with two attached hydrogens (primary N) is 1. The summed E-state index contributed by atoms with van der Waals surface area (Å²) in [6.45, 7) is 2.97. The minimum absolute atomic E-state index is 0.526. The van der Waals surface area contributed by atoms with Crippen molar-refractivity contribution >= 4 is 0 Å². The minimum atomic E-state index is 0.526. The Labute approximate surface area is 65.4 Å². The number of aryl methyl sites for hydroxylation is 1. The molecule has 0 bridgehead atoms. The van der Waals surface area contributed by atoms with E-state index in [1.54, 1.807) is 0 Å². The predicted molar refractivity (Wildman–Crippen MR) is 41.7 cm³/mol. The normalized spacial score (nSPS) is 9.55. The number of terminal acetylenes is 1. The molecule has 4 nitrogen and oxygen atoms in total. The van der Waals surface area contributed by atoms with E-state index < -0.39 is 0 Å². The van der Waals surface area contributed by atoms with Gasteiger partial charge in [-0.1, -0.05) is 0 Å². The molecule has 0 aliphatic rings. The highest BCUT2D eigenvalue weighted by molar-refractivity contribution is 5.26. The SMILES string of the molecule is C#Cc1nn(CCN)nc1C. The van der Waals surface area contributed by atoms with Crippen LogP contribution in [0.15, 0.2) is 0 Å². The lowest BCUT2D eigenvalue weighted by Gasteiger charge is -1.91. The number of aromatic nitrogens is 3. The Morgan fingerprint density at radius 2 is 2.36 bits per heavy atom. The summed E-state index contributed by atoms with van der Waals surface area (Å²) >= 11 is 0. The van der Waals surface area contributed by atoms with Gasteiger partial charge in [0.1, 0.15) is 0 Å². The first kappa shape index (κ1) is 7.76. The third-order valence-electron chi connectivity index (χ3n) is 1.29. The van der Waals surface area contributed by atoms with Gasteiger partial charge in [0.05, 0.1) is 12.2 Å². The van der Waals surface area contributed by atoms with Gasteiger partial charge in [-0.3, -0.25) is 0 Å². The quantitative estimate of drug-likeness (QED) is 0.580. The van der Waals surface area contributed by atoms with E-state index in [-0.39, 0.29) is 0 Å². The molecule has 0 aliphatic carbocycles. The van der Waals surface area contributed by atoms with Crippen LogP contribution in [0.4, 0.5) is 0 Å². The maximum Gasteiger partial charge on any atom is 0.158 e. The topological polar surface area (TPSA) is 56.7 Å². The molecule has 0 unspecified atom stereocenters. The van der Waals surface area contributed by atoms with E-state index >= 15 is 0 Å². The first-order chi connectivity index (χ1) is 5.27. The zero-order chi connectivity index (χ0) is 8.27. The van der Waals surface area contributed by atoms with Crippen molar-refractivity contribution < 1.29 is 0 Å². The van der Waals surface area contributed by atoms with Crippen molar-refractivity contribution in [3.63, 3.8) is 0 Å². The largest absolute Gasteiger partial charge is 0.329 e. The predicted octanol–water partition coefficient (Wildman–Crippen LogP) is -0.473. The molecule has 0 atom stereocenters. The van der Waals surface area contributed by atoms with Gasteiger partial charge in [0.2, 0.25) is 0 Å². The smallest absolute Gasteiger partial charge is 0.158 e. The van der Waals surface area contributed by atoms with Gasteiger partial charge < -0.3 is 5.73 Å². The molecule has 0 spiro atoms. The van der Waals surface area contributed by atoms with E-state index in [1.165, 1.54) is 4.80 Å². The van der Waals surface area contributed by atoms with Crippen molar-refractivity contribution in [1.29, 1.82) is 0 Å². The first-order valence-corrected chi connectivity index (χ1v) is 3.36. The molecule has 0 fully saturated rings. The van der Waals surface area contributed by atoms with E-state index in [0.717, 1.165) is 5.69 Å². The van der Waals surface area contributed by atoms with Gasteiger partial charge in [0.15, 0.2) is 5.69 Å². The maximum absolute atomic E-state index is 5.31. The maximum atomic E-state index is 5.31. The Balaban J connectivity index is 2.89. The fourth-order valence-corrected chi connectivity index (χ4v) is 0.779. The van der Waals surface area contributed by atoms with Crippen LogP contribution in [0, 0.1) is 19.3 Å². The lowest BCUT2D eigenvalue weighted by molar-refractivity contribution is 0.542. The standard InChI is InChI=1S/C7H10N4/c1-3-7-6(2)9-11(10-7)5-4-8/h1H,4-5,8H2,2H3. The van der Waals surface area contributed by atoms with Crippen molar-refractivity contribution in [3.05, 3.63) is 11.4 Å². The van der Waals surface area contributed by atoms with Gasteiger partial charge in [-0.2, -0.15) is 9.90 Å². The molecule has 0 amide bonds. The monoisotopic (exact) mass is 150 g/mol. The third kappa shape index (κ3) is 1.57. The lowest BCUT2D eigenvalue weighted by Crippen LogP contribution is -2.12. The first-order valence-electron chi connectivity index (χ1n) is 3.36. The molecule has 0 aliphatic heterocycles. The molecule has 2 N–H and O–H groups in total. The van der Waals surface area contributed by atoms with Gasteiger partial charge in [-0.15, -0.1) is 11.5 Å². The average Bonchev–Trinajstić information content (AvgIpc) is 2.32. The summed E-state index contributed by atoms with van der Waals surface area (Å²) in [5.41, 5.74) is 6.68. The minimum Gasteiger partial charge on any atom is -0.329 e. The summed E-state index contributed by atoms with van der Waals surface area (Å²) < 4.78 is 0. The summed E-state index contributed by atoms with van der Waals surface area (Å²) in [5.74, 6) is 2.44. The zero-order valence-corrected chi connectivity index (χ0v) is 6.41. The summed E-state index contributed by atoms with van der Waals surface area (Å²) in [6, 6.07) is 0. The molecule has 0 saturated carbocycles. The third-order valence-corrected chi connectivity index (χ3v) is 1.29. The van der Waals surface area contributed by atoms with E-state index in [0.29, 0.717) is 18.8 Å². The number of hydrogen-bond donors (Lipinski definition) is 1. The van der Waals surface area contributed by atoms with Crippen molar-refractivity contribution in [2.24, 2.45) is 5.73 Å². The van der Waals surface area contributed by atoms with Crippen LogP contribution in [0.2, 0.25) is 0 Å². The van der Waals surface area contributed by atoms with E-state index in [2.05, 4.69) is 16.1 Å². The highest BCUT2D eigenvalue weighted by atomic mass is 15.5. The van der Waals surface area contributed by atoms with Gasteiger partial charge in [0.25, 0.3) is 0 Å². The molecule has 1 aromatic heterocycles. The van der Waals surface area contributed by atoms with Crippen LogP contribution in [-0.2, 0) is 6.54 Å². The van der Waals surface area contributed by atoms with Crippen LogP contribution in [0.5, 0.6) is 0 Å². The van der Waals surface area contributed by atoms with Crippen LogP contribution < -0.4 is 5.73 Å². The molecule has 0 aromatic carbocycles. The Kier molecular flexibility index (Phi) is 2.24. The Morgan fingerprint density at radius 3 is 2.82 bits per heavy atom. The second kappa shape index (κ2) is 3.17. The number of nitrogens with zero attached hydrogens (tertiary/aromatic N) is 3. The Morgan fingerprint density at radius 1 is 1.64 bits per heavy atom. The second-order valence-corrected chi connectivity index (χ2v) is 2.16. The zero-order valence-electron chi connectivity index (χ0n) is 6.41. The van der Waals surface area contributed by atoms with Gasteiger partial charge in [-0.25, -0.2) is 0 Å². The average molecular weight is 150 g/mol. The van der Waals surface area contributed by atoms with E-state index in [9.17, 15) is 0 Å². The van der Waals surface area contributed by atoms with Crippen molar-refractivity contribution in [1.82, 2.24) is 15.0 Å². The van der Waals surface area contributed by atoms with E-state index in [1.807, 2.05) is 6.92 Å². The molecular weight excluding hydrogens is 140 g/mol. The number of hydrogen-bond acceptors (Lipinski definition) is 3. The molecule has 0 radical (unpaired) electrons. The van der Waals surface area contributed by atoms with Gasteiger partial charge >= 0.3 is 0 Å². The van der Waals surface area contributed by atoms with Crippen LogP contribution in [-0.4, -0.2) is 21.5 Å². The fraction of sp³-hybridized carbons (Fsp3) is 0.429. The van der Waals surface area contributed by atoms with Crippen LogP contribution in [0.25, 0.3) is 0 Å². The summed E-state index contributed by atoms with van der Waals surface area (Å²) in [4.78, 5) is 1.52. The van der Waals surface area contributed by atoms with Gasteiger partial charge in [-0.05, 0) is 12.8 Å². The molecule has 58 valence electrons. The molecule has 1 aromatic rings. The molecule has 4 heteroatoms. The summed E-state index contributed by atoms with van der Waals surface area (Å²) in [7, 11) is 0. The number of rotatable bonds is 2. The van der Waals surface area contributed by atoms with Crippen molar-refractivity contribution in [3.8, 4) is 12.3 Å². The molecular formula is C7H10N4. The Hall–Kier alpha value is -1.34. The highest BCUT2D eigenvalue weighted by Gasteiger charge is 2.01. The van der Waals surface area contributed by atoms with E-state index in [4.69, 9.17) is 12.2 Å². The van der Waals surface area contributed by atoms with Crippen molar-refractivity contribution in [2.45, 2.75) is 13.5 Å². The molecule has 11 heavy (non-hydrogen) atoms. The van der Waals surface area contributed by atoms with Gasteiger partial charge in [0, 0.05) is 6.54 Å². The summed E-state index contributed by atoms with van der Waals surface area (Å²) in [6.07, 6.45) is 5.16. The van der Waals surface area contributed by atoms with Crippen LogP contribution in [0.3, 0.4) is 0 Å². The van der Waals surface area contributed by atoms with Crippen LogP contribution >= 0.6 is 0 Å². The molecule has 0 saturated heterocycles. The second-order valence-electron chi connectivity index (χ2n) is 2.16. The molecule has 1 heterocycles. The fourth-order valence-electron chi connectivity index (χ4n) is 0.779. The molecule has 1 rings (SSSR count). The highest BCUT2D eigenvalue weighted by Crippen LogP contribution is 1.96. The Bertz CT molecular complexity index is 281. The lowest BCUT2D eigenvalue weighted by atomic mass is 10.4. The van der Waals surface area contributed by atoms with Crippen LogP contribution in [0.1, 0.15) is 11.4 Å². The summed E-state index contributed by atoms with van der Waals surface area (Å²) in [5, 5.41) is 8.06. The van der Waals surface area contributed by atoms with Crippen molar-refractivity contribution in [2.75, 3.05) is 6.54 Å².